The molecule has 4 rings (SSSR count). The molecular formula is C22H26FN3O3S. The highest BCUT2D eigenvalue weighted by Gasteiger charge is 2.30. The molecule has 2 aliphatic carbocycles. The second-order valence-corrected chi connectivity index (χ2v) is 10.3. The number of fused-ring (bicyclic) bond motifs is 2. The van der Waals surface area contributed by atoms with Gasteiger partial charge in [-0.15, -0.1) is 4.36 Å². The normalized spacial score (nSPS) is 17.2. The van der Waals surface area contributed by atoms with E-state index in [0.717, 1.165) is 24.0 Å². The Morgan fingerprint density at radius 1 is 1.13 bits per heavy atom. The predicted molar refractivity (Wildman–Crippen MR) is 114 cm³/mol. The fourth-order valence-corrected chi connectivity index (χ4v) is 5.37. The second kappa shape index (κ2) is 7.44. The Morgan fingerprint density at radius 3 is 2.27 bits per heavy atom. The van der Waals surface area contributed by atoms with Crippen molar-refractivity contribution >= 4 is 21.6 Å². The highest BCUT2D eigenvalue weighted by Crippen LogP contribution is 2.41. The van der Waals surface area contributed by atoms with Crippen LogP contribution in [0, 0.1) is 5.82 Å². The molecule has 0 radical (unpaired) electrons. The molecular weight excluding hydrogens is 405 g/mol. The number of aliphatic hydroxyl groups is 1. The number of halogens is 1. The average molecular weight is 432 g/mol. The van der Waals surface area contributed by atoms with Gasteiger partial charge in [0.05, 0.1) is 10.5 Å². The number of benzene rings is 2. The van der Waals surface area contributed by atoms with Gasteiger partial charge in [0.2, 0.25) is 0 Å². The maximum Gasteiger partial charge on any atom is 0.354 e. The molecule has 2 aromatic rings. The molecule has 1 unspecified atom stereocenters. The van der Waals surface area contributed by atoms with E-state index < -0.39 is 21.5 Å². The van der Waals surface area contributed by atoms with Crippen LogP contribution in [0.3, 0.4) is 0 Å². The Morgan fingerprint density at radius 2 is 1.70 bits per heavy atom. The lowest BCUT2D eigenvalue weighted by atomic mass is 9.98. The molecule has 0 aliphatic heterocycles. The molecule has 0 saturated heterocycles. The number of anilines is 1. The molecule has 160 valence electrons. The van der Waals surface area contributed by atoms with E-state index in [9.17, 15) is 18.5 Å². The van der Waals surface area contributed by atoms with Gasteiger partial charge < -0.3 is 10.4 Å². The third-order valence-electron chi connectivity index (χ3n) is 5.90. The van der Waals surface area contributed by atoms with E-state index in [1.807, 2.05) is 0 Å². The molecule has 6 nitrogen and oxygen atoms in total. The van der Waals surface area contributed by atoms with Crippen LogP contribution in [0.25, 0.3) is 0 Å². The summed E-state index contributed by atoms with van der Waals surface area (Å²) < 4.78 is 31.5. The van der Waals surface area contributed by atoms with Gasteiger partial charge in [-0.25, -0.2) is 18.5 Å². The Kier molecular flexibility index (Phi) is 5.20. The van der Waals surface area contributed by atoms with Crippen LogP contribution < -0.4 is 10.5 Å². The number of carbonyl (C=O) groups excluding carboxylic acids is 1. The van der Waals surface area contributed by atoms with Gasteiger partial charge in [0.25, 0.3) is 0 Å². The van der Waals surface area contributed by atoms with E-state index in [0.29, 0.717) is 48.1 Å². The first-order chi connectivity index (χ1) is 14.1. The maximum absolute atomic E-state index is 14.8. The van der Waals surface area contributed by atoms with Gasteiger partial charge in [-0.1, -0.05) is 12.1 Å². The minimum atomic E-state index is -3.52. The number of nitrogens with one attached hydrogen (secondary N) is 1. The molecule has 2 aromatic carbocycles. The molecule has 4 N–H and O–H groups in total. The summed E-state index contributed by atoms with van der Waals surface area (Å²) in [6.45, 7) is 3.20. The second-order valence-electron chi connectivity index (χ2n) is 8.49. The van der Waals surface area contributed by atoms with Crippen molar-refractivity contribution < 1.29 is 18.5 Å². The van der Waals surface area contributed by atoms with Crippen molar-refractivity contribution in [2.24, 2.45) is 9.50 Å². The van der Waals surface area contributed by atoms with E-state index >= 15 is 0 Å². The number of carbonyl (C=O) groups is 1. The minimum absolute atomic E-state index is 0.129. The molecule has 0 bridgehead atoms. The van der Waals surface area contributed by atoms with E-state index in [1.165, 1.54) is 12.1 Å². The van der Waals surface area contributed by atoms with Gasteiger partial charge in [0, 0.05) is 5.69 Å². The van der Waals surface area contributed by atoms with Crippen molar-refractivity contribution in [3.05, 3.63) is 57.9 Å². The fourth-order valence-electron chi connectivity index (χ4n) is 4.40. The largest absolute Gasteiger partial charge is 0.386 e. The summed E-state index contributed by atoms with van der Waals surface area (Å²) in [5, 5.41) is 18.9. The molecule has 2 aliphatic rings. The summed E-state index contributed by atoms with van der Waals surface area (Å²) >= 11 is 0. The number of hydrogen-bond acceptors (Lipinski definition) is 3. The lowest BCUT2D eigenvalue weighted by Crippen LogP contribution is -2.21. The van der Waals surface area contributed by atoms with Crippen LogP contribution in [0.15, 0.2) is 33.5 Å². The molecule has 0 aromatic heterocycles. The SMILES string of the molecule is CC(C)(O)c1cccc(S(N)(=O)=NC(=O)Nc2c3c(c(F)c4c2CCC4)CCC3)c1. The average Bonchev–Trinajstić information content (AvgIpc) is 3.34. The van der Waals surface area contributed by atoms with E-state index in [2.05, 4.69) is 9.68 Å². The number of urea groups is 1. The Hall–Kier alpha value is -2.29. The van der Waals surface area contributed by atoms with Gasteiger partial charge in [0.15, 0.2) is 0 Å². The molecule has 0 fully saturated rings. The topological polar surface area (TPSA) is 105 Å². The predicted octanol–water partition coefficient (Wildman–Crippen LogP) is 3.96. The zero-order valence-corrected chi connectivity index (χ0v) is 17.9. The first kappa shape index (κ1) is 21.0. The maximum atomic E-state index is 14.8. The monoisotopic (exact) mass is 431 g/mol. The molecule has 30 heavy (non-hydrogen) atoms. The summed E-state index contributed by atoms with van der Waals surface area (Å²) in [6.07, 6.45) is 4.39. The summed E-state index contributed by atoms with van der Waals surface area (Å²) in [7, 11) is -3.52. The van der Waals surface area contributed by atoms with Crippen molar-refractivity contribution in [1.82, 2.24) is 0 Å². The van der Waals surface area contributed by atoms with Crippen LogP contribution in [0.4, 0.5) is 14.9 Å². The van der Waals surface area contributed by atoms with Crippen LogP contribution >= 0.6 is 0 Å². The first-order valence-electron chi connectivity index (χ1n) is 10.1. The molecule has 0 heterocycles. The zero-order valence-electron chi connectivity index (χ0n) is 17.1. The lowest BCUT2D eigenvalue weighted by molar-refractivity contribution is 0.0784. The summed E-state index contributed by atoms with van der Waals surface area (Å²) in [4.78, 5) is 12.8. The van der Waals surface area contributed by atoms with E-state index in [-0.39, 0.29) is 10.7 Å². The van der Waals surface area contributed by atoms with Crippen molar-refractivity contribution in [3.63, 3.8) is 0 Å². The third kappa shape index (κ3) is 3.75. The van der Waals surface area contributed by atoms with Crippen molar-refractivity contribution in [2.75, 3.05) is 5.32 Å². The van der Waals surface area contributed by atoms with E-state index in [4.69, 9.17) is 5.14 Å². The van der Waals surface area contributed by atoms with Crippen molar-refractivity contribution in [3.8, 4) is 0 Å². The minimum Gasteiger partial charge on any atom is -0.386 e. The fraction of sp³-hybridized carbons (Fsp3) is 0.409. The zero-order chi connectivity index (χ0) is 21.7. The third-order valence-corrected chi connectivity index (χ3v) is 7.26. The van der Waals surface area contributed by atoms with Gasteiger partial charge in [-0.3, -0.25) is 0 Å². The first-order valence-corrected chi connectivity index (χ1v) is 11.7. The van der Waals surface area contributed by atoms with Crippen LogP contribution in [-0.2, 0) is 41.2 Å². The van der Waals surface area contributed by atoms with Crippen LogP contribution in [0.2, 0.25) is 0 Å². The van der Waals surface area contributed by atoms with Crippen LogP contribution in [0.5, 0.6) is 0 Å². The molecule has 1 atom stereocenters. The number of hydrogen-bond donors (Lipinski definition) is 3. The standard InChI is InChI=1S/C22H26FN3O3S/c1-22(2,28)13-6-3-7-14(12-13)30(24,29)26-21(27)25-20-17-10-4-8-15(17)19(23)16-9-5-11-18(16)20/h3,6-7,12,28H,4-5,8-11H2,1-2H3,(H3,24,25,26,27,29). The van der Waals surface area contributed by atoms with Gasteiger partial charge in [-0.05, 0) is 92.3 Å². The van der Waals surface area contributed by atoms with Gasteiger partial charge >= 0.3 is 6.03 Å². The number of nitrogens with zero attached hydrogens (tertiary/aromatic N) is 1. The number of nitrogens with two attached hydrogens (primary N) is 1. The summed E-state index contributed by atoms with van der Waals surface area (Å²) in [5.74, 6) is -0.129. The van der Waals surface area contributed by atoms with E-state index in [1.54, 1.807) is 26.0 Å². The van der Waals surface area contributed by atoms with Gasteiger partial charge in [0.1, 0.15) is 15.7 Å². The Bertz CT molecular complexity index is 1130. The number of amides is 2. The summed E-state index contributed by atoms with van der Waals surface area (Å²) in [5.41, 5.74) is 2.99. The molecule has 2 amide bonds. The highest BCUT2D eigenvalue weighted by molar-refractivity contribution is 7.91. The Labute approximate surface area is 176 Å². The summed E-state index contributed by atoms with van der Waals surface area (Å²) in [6, 6.07) is 5.49. The Balaban J connectivity index is 1.69. The van der Waals surface area contributed by atoms with Crippen molar-refractivity contribution in [1.29, 1.82) is 0 Å². The van der Waals surface area contributed by atoms with Gasteiger partial charge in [-0.2, -0.15) is 0 Å². The highest BCUT2D eigenvalue weighted by atomic mass is 32.2. The number of rotatable bonds is 3. The van der Waals surface area contributed by atoms with Crippen LogP contribution in [-0.4, -0.2) is 15.3 Å². The van der Waals surface area contributed by atoms with Crippen molar-refractivity contribution in [2.45, 2.75) is 62.9 Å². The van der Waals surface area contributed by atoms with Crippen LogP contribution in [0.1, 0.15) is 54.5 Å². The molecule has 0 saturated carbocycles. The quantitative estimate of drug-likeness (QED) is 0.685. The lowest BCUT2D eigenvalue weighted by Gasteiger charge is -2.19. The molecule has 8 heteroatoms. The smallest absolute Gasteiger partial charge is 0.354 e. The molecule has 0 spiro atoms.